The van der Waals surface area contributed by atoms with Crippen LogP contribution in [0.4, 0.5) is 11.4 Å². The minimum Gasteiger partial charge on any atom is -0.492 e. The van der Waals surface area contributed by atoms with Crippen LogP contribution >= 0.6 is 12.2 Å². The van der Waals surface area contributed by atoms with Crippen molar-refractivity contribution in [3.63, 3.8) is 0 Å². The Balaban J connectivity index is 1.50. The number of thiocarbonyl (C=S) groups is 1. The monoisotopic (exact) mass is 482 g/mol. The van der Waals surface area contributed by atoms with Crippen LogP contribution in [-0.4, -0.2) is 74.0 Å². The van der Waals surface area contributed by atoms with E-state index in [-0.39, 0.29) is 0 Å². The molecule has 0 atom stereocenters. The molecule has 6 nitrogen and oxygen atoms in total. The van der Waals surface area contributed by atoms with Gasteiger partial charge in [0.15, 0.2) is 5.11 Å². The smallest absolute Gasteiger partial charge is 0.173 e. The molecule has 0 amide bonds. The lowest BCUT2D eigenvalue weighted by Gasteiger charge is -2.33. The molecule has 2 heterocycles. The molecule has 0 aliphatic carbocycles. The second-order valence-electron chi connectivity index (χ2n) is 8.88. The molecule has 0 spiro atoms. The number of benzene rings is 2. The molecular formula is C27H38N4O2S. The second kappa shape index (κ2) is 12.4. The van der Waals surface area contributed by atoms with Crippen molar-refractivity contribution in [2.45, 2.75) is 33.2 Å². The first-order chi connectivity index (χ1) is 16.7. The van der Waals surface area contributed by atoms with Crippen LogP contribution in [0.2, 0.25) is 0 Å². The fourth-order valence-electron chi connectivity index (χ4n) is 4.76. The highest BCUT2D eigenvalue weighted by molar-refractivity contribution is 7.80. The Labute approximate surface area is 209 Å². The minimum atomic E-state index is 0.621. The topological polar surface area (TPSA) is 40.2 Å². The first-order valence-corrected chi connectivity index (χ1v) is 13.0. The van der Waals surface area contributed by atoms with Gasteiger partial charge >= 0.3 is 0 Å². The van der Waals surface area contributed by atoms with E-state index in [9.17, 15) is 0 Å². The third kappa shape index (κ3) is 6.40. The minimum absolute atomic E-state index is 0.621. The van der Waals surface area contributed by atoms with Crippen molar-refractivity contribution in [3.8, 4) is 5.75 Å². The van der Waals surface area contributed by atoms with E-state index in [2.05, 4.69) is 45.1 Å². The van der Waals surface area contributed by atoms with Crippen LogP contribution < -0.4 is 15.0 Å². The number of nitrogens with zero attached hydrogens (tertiary/aromatic N) is 3. The highest BCUT2D eigenvalue weighted by Gasteiger charge is 2.19. The van der Waals surface area contributed by atoms with Crippen molar-refractivity contribution in [1.82, 2.24) is 9.80 Å². The summed E-state index contributed by atoms with van der Waals surface area (Å²) in [5.41, 5.74) is 5.07. The van der Waals surface area contributed by atoms with Crippen molar-refractivity contribution >= 4 is 28.7 Å². The van der Waals surface area contributed by atoms with Gasteiger partial charge in [0, 0.05) is 51.5 Å². The predicted octanol–water partition coefficient (Wildman–Crippen LogP) is 4.39. The molecular weight excluding hydrogens is 444 g/mol. The number of nitrogens with one attached hydrogen (secondary N) is 1. The molecule has 0 aromatic heterocycles. The van der Waals surface area contributed by atoms with E-state index in [1.807, 2.05) is 31.2 Å². The molecule has 2 aliphatic heterocycles. The number of morpholine rings is 1. The number of ether oxygens (including phenoxy) is 2. The molecule has 4 rings (SSSR count). The van der Waals surface area contributed by atoms with E-state index in [1.165, 1.54) is 23.2 Å². The number of rotatable bonds is 9. The first-order valence-electron chi connectivity index (χ1n) is 12.6. The average molecular weight is 483 g/mol. The van der Waals surface area contributed by atoms with E-state index < -0.39 is 0 Å². The Bertz CT molecular complexity index is 948. The second-order valence-corrected chi connectivity index (χ2v) is 9.27. The van der Waals surface area contributed by atoms with Gasteiger partial charge in [0.1, 0.15) is 5.75 Å². The van der Waals surface area contributed by atoms with Crippen LogP contribution in [0, 0.1) is 0 Å². The molecule has 0 radical (unpaired) electrons. The number of anilines is 2. The van der Waals surface area contributed by atoms with Crippen molar-refractivity contribution in [3.05, 3.63) is 53.6 Å². The van der Waals surface area contributed by atoms with Crippen LogP contribution in [0.15, 0.2) is 42.5 Å². The summed E-state index contributed by atoms with van der Waals surface area (Å²) in [4.78, 5) is 7.23. The van der Waals surface area contributed by atoms with Crippen molar-refractivity contribution < 1.29 is 9.47 Å². The fraction of sp³-hybridized carbons (Fsp3) is 0.519. The Morgan fingerprint density at radius 2 is 1.94 bits per heavy atom. The molecule has 184 valence electrons. The predicted molar refractivity (Wildman–Crippen MR) is 144 cm³/mol. The van der Waals surface area contributed by atoms with Crippen molar-refractivity contribution in [2.75, 3.05) is 69.3 Å². The van der Waals surface area contributed by atoms with Gasteiger partial charge in [-0.25, -0.2) is 0 Å². The van der Waals surface area contributed by atoms with Crippen LogP contribution in [-0.2, 0) is 17.7 Å². The zero-order valence-electron chi connectivity index (χ0n) is 20.6. The highest BCUT2D eigenvalue weighted by atomic mass is 32.1. The zero-order valence-corrected chi connectivity index (χ0v) is 21.4. The molecule has 1 saturated heterocycles. The van der Waals surface area contributed by atoms with E-state index in [0.29, 0.717) is 6.61 Å². The van der Waals surface area contributed by atoms with Gasteiger partial charge in [-0.2, -0.15) is 0 Å². The van der Waals surface area contributed by atoms with Crippen molar-refractivity contribution in [2.24, 2.45) is 0 Å². The van der Waals surface area contributed by atoms with Gasteiger partial charge < -0.3 is 24.6 Å². The summed E-state index contributed by atoms with van der Waals surface area (Å²) in [6.07, 6.45) is 2.37. The van der Waals surface area contributed by atoms with Crippen molar-refractivity contribution in [1.29, 1.82) is 0 Å². The van der Waals surface area contributed by atoms with E-state index in [4.69, 9.17) is 21.7 Å². The maximum Gasteiger partial charge on any atom is 0.173 e. The van der Waals surface area contributed by atoms with E-state index in [0.717, 1.165) is 82.0 Å². The first kappa shape index (κ1) is 24.8. The average Bonchev–Trinajstić information content (AvgIpc) is 2.87. The number of fused-ring (bicyclic) bond motifs is 1. The standard InChI is InChI=1S/C27H38N4O2S/c1-3-30-13-7-8-23-20-22(11-12-25(23)30)21-31(15-14-29-16-18-32-19-17-29)27(34)28-24-9-5-6-10-26(24)33-4-2/h5-6,9-12,20H,3-4,7-8,13-19,21H2,1-2H3,(H,28,34). The number of aryl methyl sites for hydroxylation is 1. The normalized spacial score (nSPS) is 16.1. The number of para-hydroxylation sites is 2. The molecule has 7 heteroatoms. The maximum absolute atomic E-state index is 5.93. The number of hydrogen-bond acceptors (Lipinski definition) is 5. The van der Waals surface area contributed by atoms with Crippen LogP contribution in [0.5, 0.6) is 5.75 Å². The Kier molecular flexibility index (Phi) is 9.02. The summed E-state index contributed by atoms with van der Waals surface area (Å²) >= 11 is 5.93. The van der Waals surface area contributed by atoms with Gasteiger partial charge in [-0.15, -0.1) is 0 Å². The SMILES string of the molecule is CCOc1ccccc1NC(=S)N(CCN1CCOCC1)Cc1ccc2c(c1)CCCN2CC. The molecule has 2 aromatic rings. The van der Waals surface area contributed by atoms with E-state index >= 15 is 0 Å². The Hall–Kier alpha value is -2.35. The summed E-state index contributed by atoms with van der Waals surface area (Å²) in [7, 11) is 0. The van der Waals surface area contributed by atoms with E-state index in [1.54, 1.807) is 0 Å². The summed E-state index contributed by atoms with van der Waals surface area (Å²) in [5.74, 6) is 0.828. The maximum atomic E-state index is 5.93. The molecule has 1 fully saturated rings. The van der Waals surface area contributed by atoms with Gasteiger partial charge in [-0.05, 0) is 68.2 Å². The molecule has 34 heavy (non-hydrogen) atoms. The third-order valence-corrected chi connectivity index (χ3v) is 6.98. The molecule has 0 bridgehead atoms. The lowest BCUT2D eigenvalue weighted by Crippen LogP contribution is -2.44. The Morgan fingerprint density at radius 3 is 2.74 bits per heavy atom. The molecule has 2 aliphatic rings. The van der Waals surface area contributed by atoms with Gasteiger partial charge in [0.2, 0.25) is 0 Å². The fourth-order valence-corrected chi connectivity index (χ4v) is 5.03. The molecule has 0 saturated carbocycles. The molecule has 0 unspecified atom stereocenters. The van der Waals surface area contributed by atoms with Gasteiger partial charge in [-0.1, -0.05) is 24.3 Å². The number of hydrogen-bond donors (Lipinski definition) is 1. The summed E-state index contributed by atoms with van der Waals surface area (Å²) < 4.78 is 11.3. The molecule has 1 N–H and O–H groups in total. The zero-order chi connectivity index (χ0) is 23.8. The summed E-state index contributed by atoms with van der Waals surface area (Å²) in [6, 6.07) is 15.0. The lowest BCUT2D eigenvalue weighted by atomic mass is 9.99. The third-order valence-electron chi connectivity index (χ3n) is 6.62. The summed E-state index contributed by atoms with van der Waals surface area (Å²) in [5, 5.41) is 4.19. The Morgan fingerprint density at radius 1 is 1.12 bits per heavy atom. The van der Waals surface area contributed by atoms with Crippen LogP contribution in [0.1, 0.15) is 31.4 Å². The summed E-state index contributed by atoms with van der Waals surface area (Å²) in [6.45, 7) is 13.3. The van der Waals surface area contributed by atoms with Gasteiger partial charge in [0.05, 0.1) is 25.5 Å². The van der Waals surface area contributed by atoms with Gasteiger partial charge in [0.25, 0.3) is 0 Å². The quantitative estimate of drug-likeness (QED) is 0.532. The van der Waals surface area contributed by atoms with Crippen LogP contribution in [0.25, 0.3) is 0 Å². The van der Waals surface area contributed by atoms with Gasteiger partial charge in [-0.3, -0.25) is 4.90 Å². The lowest BCUT2D eigenvalue weighted by molar-refractivity contribution is 0.0358. The largest absolute Gasteiger partial charge is 0.492 e. The van der Waals surface area contributed by atoms with Crippen LogP contribution in [0.3, 0.4) is 0 Å². The highest BCUT2D eigenvalue weighted by Crippen LogP contribution is 2.29. The molecule has 2 aromatic carbocycles.